The number of rotatable bonds is 9. The number of hydrogen-bond acceptors (Lipinski definition) is 4. The Kier molecular flexibility index (Phi) is 8.25. The van der Waals surface area contributed by atoms with Crippen LogP contribution < -0.4 is 10.3 Å². The molecular formula is C24H33N3O2. The third-order valence-corrected chi connectivity index (χ3v) is 5.04. The number of carbonyl (C=O) groups excluding carboxylic acids is 1. The minimum absolute atomic E-state index is 0.140. The van der Waals surface area contributed by atoms with Crippen molar-refractivity contribution < 1.29 is 9.90 Å². The quantitative estimate of drug-likeness (QED) is 0.478. The van der Waals surface area contributed by atoms with Crippen LogP contribution in [-0.4, -0.2) is 30.3 Å². The number of phenols is 1. The van der Waals surface area contributed by atoms with Gasteiger partial charge in [0.1, 0.15) is 5.75 Å². The first-order valence-corrected chi connectivity index (χ1v) is 10.3. The van der Waals surface area contributed by atoms with E-state index in [0.29, 0.717) is 11.5 Å². The highest BCUT2D eigenvalue weighted by atomic mass is 16.3. The Bertz CT molecular complexity index is 825. The number of hydrogen-bond donors (Lipinski definition) is 2. The van der Waals surface area contributed by atoms with E-state index in [0.717, 1.165) is 30.8 Å². The molecule has 0 bridgehead atoms. The summed E-state index contributed by atoms with van der Waals surface area (Å²) in [5.74, 6) is 0.255. The predicted molar refractivity (Wildman–Crippen MR) is 121 cm³/mol. The topological polar surface area (TPSA) is 64.9 Å². The van der Waals surface area contributed by atoms with Crippen LogP contribution in [0.2, 0.25) is 0 Å². The summed E-state index contributed by atoms with van der Waals surface area (Å²) < 4.78 is 0. The van der Waals surface area contributed by atoms with Gasteiger partial charge in [0.05, 0.1) is 12.1 Å². The largest absolute Gasteiger partial charge is 0.507 e. The Hall–Kier alpha value is -2.82. The highest BCUT2D eigenvalue weighted by Gasteiger charge is 2.14. The van der Waals surface area contributed by atoms with Crippen molar-refractivity contribution in [1.29, 1.82) is 0 Å². The fourth-order valence-corrected chi connectivity index (χ4v) is 3.25. The molecule has 0 aliphatic rings. The smallest absolute Gasteiger partial charge is 0.247 e. The first-order valence-electron chi connectivity index (χ1n) is 10.3. The number of carbonyl (C=O) groups is 1. The number of anilines is 1. The number of benzene rings is 2. The summed E-state index contributed by atoms with van der Waals surface area (Å²) in [6.45, 7) is 12.1. The van der Waals surface area contributed by atoms with E-state index < -0.39 is 0 Å². The molecule has 2 rings (SSSR count). The Morgan fingerprint density at radius 2 is 1.76 bits per heavy atom. The van der Waals surface area contributed by atoms with Gasteiger partial charge in [-0.2, -0.15) is 5.10 Å². The second-order valence-corrected chi connectivity index (χ2v) is 7.71. The molecule has 5 nitrogen and oxygen atoms in total. The molecule has 0 spiro atoms. The zero-order valence-corrected chi connectivity index (χ0v) is 18.1. The molecule has 0 aliphatic heterocycles. The highest BCUT2D eigenvalue weighted by molar-refractivity contribution is 5.87. The molecule has 1 atom stereocenters. The third-order valence-electron chi connectivity index (χ3n) is 5.04. The van der Waals surface area contributed by atoms with E-state index in [4.69, 9.17) is 0 Å². The SMILES string of the molecule is CCN(CC)c1ccc(/C=N\NC(=O)[C@H](C)c2ccc(CC(C)C)cc2)c(O)c1. The molecule has 156 valence electrons. The summed E-state index contributed by atoms with van der Waals surface area (Å²) in [5, 5.41) is 14.3. The van der Waals surface area contributed by atoms with Crippen LogP contribution in [0, 0.1) is 5.92 Å². The summed E-state index contributed by atoms with van der Waals surface area (Å²) in [4.78, 5) is 14.6. The maximum Gasteiger partial charge on any atom is 0.247 e. The van der Waals surface area contributed by atoms with E-state index in [-0.39, 0.29) is 17.6 Å². The van der Waals surface area contributed by atoms with E-state index in [2.05, 4.69) is 55.3 Å². The van der Waals surface area contributed by atoms with Crippen LogP contribution in [0.1, 0.15) is 57.2 Å². The molecule has 0 unspecified atom stereocenters. The zero-order valence-electron chi connectivity index (χ0n) is 18.1. The monoisotopic (exact) mass is 395 g/mol. The van der Waals surface area contributed by atoms with Crippen LogP contribution in [0.25, 0.3) is 0 Å². The van der Waals surface area contributed by atoms with Gasteiger partial charge in [0.15, 0.2) is 0 Å². The van der Waals surface area contributed by atoms with Gasteiger partial charge in [0.2, 0.25) is 5.91 Å². The van der Waals surface area contributed by atoms with E-state index in [1.807, 2.05) is 25.1 Å². The Morgan fingerprint density at radius 3 is 2.31 bits per heavy atom. The first kappa shape index (κ1) is 22.5. The highest BCUT2D eigenvalue weighted by Crippen LogP contribution is 2.23. The van der Waals surface area contributed by atoms with E-state index in [1.165, 1.54) is 11.8 Å². The minimum Gasteiger partial charge on any atom is -0.507 e. The standard InChI is InChI=1S/C24H33N3O2/c1-6-27(7-2)22-13-12-21(23(28)15-22)16-25-26-24(29)18(5)20-10-8-19(9-11-20)14-17(3)4/h8-13,15-18,28H,6-7,14H2,1-5H3,(H,26,29)/b25-16-/t18-/m1/s1. The summed E-state index contributed by atoms with van der Waals surface area (Å²) in [5.41, 5.74) is 6.33. The maximum absolute atomic E-state index is 12.4. The molecule has 0 aliphatic carbocycles. The molecular weight excluding hydrogens is 362 g/mol. The predicted octanol–water partition coefficient (Wildman–Crippen LogP) is 4.69. The molecule has 2 N–H and O–H groups in total. The maximum atomic E-state index is 12.4. The summed E-state index contributed by atoms with van der Waals surface area (Å²) in [6, 6.07) is 13.6. The number of aromatic hydroxyl groups is 1. The molecule has 29 heavy (non-hydrogen) atoms. The van der Waals surface area contributed by atoms with E-state index >= 15 is 0 Å². The van der Waals surface area contributed by atoms with Gasteiger partial charge in [-0.15, -0.1) is 0 Å². The molecule has 1 amide bonds. The van der Waals surface area contributed by atoms with Crippen molar-refractivity contribution in [2.45, 2.75) is 47.0 Å². The van der Waals surface area contributed by atoms with Gasteiger partial charge in [-0.3, -0.25) is 4.79 Å². The molecule has 0 aromatic heterocycles. The van der Waals surface area contributed by atoms with Gasteiger partial charge in [-0.1, -0.05) is 38.1 Å². The molecule has 0 radical (unpaired) electrons. The van der Waals surface area contributed by atoms with Gasteiger partial charge in [0.25, 0.3) is 0 Å². The lowest BCUT2D eigenvalue weighted by Gasteiger charge is -2.21. The Labute approximate surface area is 174 Å². The molecule has 0 fully saturated rings. The fourth-order valence-electron chi connectivity index (χ4n) is 3.25. The average Bonchev–Trinajstić information content (AvgIpc) is 2.70. The van der Waals surface area contributed by atoms with Crippen LogP contribution in [0.3, 0.4) is 0 Å². The number of phenolic OH excluding ortho intramolecular Hbond substituents is 1. The Morgan fingerprint density at radius 1 is 1.10 bits per heavy atom. The number of amides is 1. The van der Waals surface area contributed by atoms with Gasteiger partial charge in [-0.05, 0) is 56.4 Å². The van der Waals surface area contributed by atoms with Gasteiger partial charge < -0.3 is 10.0 Å². The summed E-state index contributed by atoms with van der Waals surface area (Å²) in [7, 11) is 0. The van der Waals surface area contributed by atoms with Crippen molar-refractivity contribution >= 4 is 17.8 Å². The average molecular weight is 396 g/mol. The molecule has 5 heteroatoms. The fraction of sp³-hybridized carbons (Fsp3) is 0.417. The lowest BCUT2D eigenvalue weighted by atomic mass is 9.96. The normalized spacial score (nSPS) is 12.3. The van der Waals surface area contributed by atoms with Gasteiger partial charge >= 0.3 is 0 Å². The van der Waals surface area contributed by atoms with Gasteiger partial charge in [0, 0.05) is 30.4 Å². The molecule has 0 saturated heterocycles. The molecule has 2 aromatic carbocycles. The number of nitrogens with one attached hydrogen (secondary N) is 1. The molecule has 2 aromatic rings. The second kappa shape index (κ2) is 10.6. The lowest BCUT2D eigenvalue weighted by Crippen LogP contribution is -2.23. The van der Waals surface area contributed by atoms with Crippen molar-refractivity contribution in [3.8, 4) is 5.75 Å². The van der Waals surface area contributed by atoms with Crippen molar-refractivity contribution in [3.63, 3.8) is 0 Å². The van der Waals surface area contributed by atoms with Crippen molar-refractivity contribution in [1.82, 2.24) is 5.43 Å². The minimum atomic E-state index is -0.307. The number of nitrogens with zero attached hydrogens (tertiary/aromatic N) is 2. The third kappa shape index (κ3) is 6.34. The van der Waals surface area contributed by atoms with Crippen LogP contribution in [0.4, 0.5) is 5.69 Å². The van der Waals surface area contributed by atoms with Crippen LogP contribution >= 0.6 is 0 Å². The second-order valence-electron chi connectivity index (χ2n) is 7.71. The lowest BCUT2D eigenvalue weighted by molar-refractivity contribution is -0.122. The zero-order chi connectivity index (χ0) is 21.4. The van der Waals surface area contributed by atoms with Crippen molar-refractivity contribution in [3.05, 3.63) is 59.2 Å². The van der Waals surface area contributed by atoms with Crippen LogP contribution in [0.15, 0.2) is 47.6 Å². The van der Waals surface area contributed by atoms with Gasteiger partial charge in [-0.25, -0.2) is 5.43 Å². The number of hydrazone groups is 1. The van der Waals surface area contributed by atoms with Crippen LogP contribution in [0.5, 0.6) is 5.75 Å². The Balaban J connectivity index is 1.98. The van der Waals surface area contributed by atoms with Crippen molar-refractivity contribution in [2.75, 3.05) is 18.0 Å². The van der Waals surface area contributed by atoms with E-state index in [9.17, 15) is 9.90 Å². The first-order chi connectivity index (χ1) is 13.8. The van der Waals surface area contributed by atoms with Crippen LogP contribution in [-0.2, 0) is 11.2 Å². The van der Waals surface area contributed by atoms with Crippen molar-refractivity contribution in [2.24, 2.45) is 11.0 Å². The summed E-state index contributed by atoms with van der Waals surface area (Å²) >= 11 is 0. The molecule has 0 heterocycles. The molecule has 0 saturated carbocycles. The summed E-state index contributed by atoms with van der Waals surface area (Å²) in [6.07, 6.45) is 2.50. The van der Waals surface area contributed by atoms with E-state index in [1.54, 1.807) is 12.1 Å².